The summed E-state index contributed by atoms with van der Waals surface area (Å²) < 4.78 is 0. The van der Waals surface area contributed by atoms with Gasteiger partial charge in [-0.3, -0.25) is 14.6 Å². The fourth-order valence-corrected chi connectivity index (χ4v) is 4.35. The number of nitrogens with one attached hydrogen (secondary N) is 1. The fourth-order valence-electron chi connectivity index (χ4n) is 4.15. The van der Waals surface area contributed by atoms with Crippen molar-refractivity contribution in [1.82, 2.24) is 9.88 Å². The summed E-state index contributed by atoms with van der Waals surface area (Å²) in [6.45, 7) is 2.85. The zero-order valence-corrected chi connectivity index (χ0v) is 18.8. The third-order valence-electron chi connectivity index (χ3n) is 5.74. The number of amides is 2. The molecule has 2 aromatic carbocycles. The van der Waals surface area contributed by atoms with Gasteiger partial charge in [0.15, 0.2) is 0 Å². The van der Waals surface area contributed by atoms with Gasteiger partial charge in [-0.05, 0) is 60.9 Å². The number of rotatable bonds is 5. The Balaban J connectivity index is 1.45. The van der Waals surface area contributed by atoms with Crippen molar-refractivity contribution in [2.24, 2.45) is 0 Å². The normalized spacial score (nSPS) is 15.9. The molecule has 1 fully saturated rings. The number of aromatic nitrogens is 1. The van der Waals surface area contributed by atoms with Crippen molar-refractivity contribution in [3.05, 3.63) is 94.3 Å². The van der Waals surface area contributed by atoms with E-state index < -0.39 is 0 Å². The molecule has 0 aliphatic carbocycles. The summed E-state index contributed by atoms with van der Waals surface area (Å²) in [5.41, 5.74) is 4.37. The van der Waals surface area contributed by atoms with Crippen LogP contribution in [0.4, 0.5) is 5.69 Å². The van der Waals surface area contributed by atoms with E-state index in [0.29, 0.717) is 24.2 Å². The molecule has 2 heterocycles. The predicted molar refractivity (Wildman–Crippen MR) is 127 cm³/mol. The van der Waals surface area contributed by atoms with Crippen molar-refractivity contribution in [3.63, 3.8) is 0 Å². The second kappa shape index (κ2) is 9.96. The van der Waals surface area contributed by atoms with Crippen LogP contribution in [-0.2, 0) is 11.2 Å². The number of halogens is 1. The lowest BCUT2D eigenvalue weighted by atomic mass is 9.93. The van der Waals surface area contributed by atoms with Gasteiger partial charge in [-0.15, -0.1) is 0 Å². The summed E-state index contributed by atoms with van der Waals surface area (Å²) in [7, 11) is 0. The second-order valence-electron chi connectivity index (χ2n) is 8.17. The van der Waals surface area contributed by atoms with E-state index >= 15 is 0 Å². The molecule has 1 aromatic heterocycles. The maximum Gasteiger partial charge on any atom is 0.253 e. The van der Waals surface area contributed by atoms with Gasteiger partial charge in [-0.25, -0.2) is 0 Å². The Morgan fingerprint density at radius 1 is 1.06 bits per heavy atom. The van der Waals surface area contributed by atoms with Gasteiger partial charge in [0.1, 0.15) is 0 Å². The quantitative estimate of drug-likeness (QED) is 0.577. The first-order valence-electron chi connectivity index (χ1n) is 10.9. The summed E-state index contributed by atoms with van der Waals surface area (Å²) >= 11 is 6.32. The van der Waals surface area contributed by atoms with Crippen LogP contribution in [0, 0.1) is 0 Å². The summed E-state index contributed by atoms with van der Waals surface area (Å²) in [6.07, 6.45) is 2.63. The lowest BCUT2D eigenvalue weighted by Crippen LogP contribution is -2.39. The molecular weight excluding hydrogens is 422 g/mol. The molecule has 1 N–H and O–H groups in total. The van der Waals surface area contributed by atoms with Gasteiger partial charge in [0.25, 0.3) is 5.91 Å². The Morgan fingerprint density at radius 2 is 1.84 bits per heavy atom. The molecule has 0 radical (unpaired) electrons. The molecule has 32 heavy (non-hydrogen) atoms. The average Bonchev–Trinajstić information content (AvgIpc) is 2.80. The summed E-state index contributed by atoms with van der Waals surface area (Å²) in [5.74, 6) is 0.0843. The van der Waals surface area contributed by atoms with Crippen LogP contribution in [0.2, 0.25) is 5.02 Å². The minimum atomic E-state index is -0.132. The molecule has 1 aliphatic heterocycles. The van der Waals surface area contributed by atoms with Crippen LogP contribution in [0.15, 0.2) is 66.7 Å². The zero-order valence-electron chi connectivity index (χ0n) is 18.1. The molecule has 2 amide bonds. The summed E-state index contributed by atoms with van der Waals surface area (Å²) in [5, 5.41) is 3.47. The molecule has 1 atom stereocenters. The molecular formula is C26H26ClN3O2. The highest BCUT2D eigenvalue weighted by Gasteiger charge is 2.26. The molecule has 1 aliphatic rings. The number of hydrogen-bond acceptors (Lipinski definition) is 3. The van der Waals surface area contributed by atoms with Crippen LogP contribution in [0.25, 0.3) is 0 Å². The predicted octanol–water partition coefficient (Wildman–Crippen LogP) is 5.30. The number of carbonyl (C=O) groups is 2. The number of likely N-dealkylation sites (tertiary alicyclic amines) is 1. The largest absolute Gasteiger partial charge is 0.338 e. The number of hydrogen-bond donors (Lipinski definition) is 1. The maximum absolute atomic E-state index is 13.1. The first-order valence-corrected chi connectivity index (χ1v) is 11.2. The highest BCUT2D eigenvalue weighted by atomic mass is 35.5. The smallest absolute Gasteiger partial charge is 0.253 e. The molecule has 0 spiro atoms. The van der Waals surface area contributed by atoms with Gasteiger partial charge >= 0.3 is 0 Å². The Labute approximate surface area is 193 Å². The van der Waals surface area contributed by atoms with Crippen molar-refractivity contribution < 1.29 is 9.59 Å². The molecule has 164 valence electrons. The lowest BCUT2D eigenvalue weighted by Gasteiger charge is -2.32. The third-order valence-corrected chi connectivity index (χ3v) is 6.11. The van der Waals surface area contributed by atoms with Crippen molar-refractivity contribution in [2.45, 2.75) is 32.1 Å². The molecule has 0 saturated carbocycles. The van der Waals surface area contributed by atoms with E-state index in [1.54, 1.807) is 24.3 Å². The van der Waals surface area contributed by atoms with Gasteiger partial charge < -0.3 is 10.2 Å². The standard InChI is InChI=1S/C26H26ClN3O2/c1-18(31)28-22-13-11-19(12-14-22)26(32)30-15-5-7-21(17-30)25-10-4-8-23(29-25)16-20-6-2-3-9-24(20)27/h2-4,6,8-14,21H,5,7,15-17H2,1H3,(H,28,31)/t21-/m0/s1. The van der Waals surface area contributed by atoms with Gasteiger partial charge in [0.05, 0.1) is 0 Å². The number of benzene rings is 2. The van der Waals surface area contributed by atoms with Crippen molar-refractivity contribution in [1.29, 1.82) is 0 Å². The SMILES string of the molecule is CC(=O)Nc1ccc(C(=O)N2CCC[C@H](c3cccc(Cc4ccccc4Cl)n3)C2)cc1. The Kier molecular flexibility index (Phi) is 6.86. The molecule has 1 saturated heterocycles. The highest BCUT2D eigenvalue weighted by Crippen LogP contribution is 2.28. The average molecular weight is 448 g/mol. The fraction of sp³-hybridized carbons (Fsp3) is 0.269. The Bertz CT molecular complexity index is 1110. The van der Waals surface area contributed by atoms with Gasteiger partial charge in [-0.1, -0.05) is 35.9 Å². The minimum absolute atomic E-state index is 0.0105. The number of anilines is 1. The van der Waals surface area contributed by atoms with Crippen molar-refractivity contribution in [2.75, 3.05) is 18.4 Å². The van der Waals surface area contributed by atoms with E-state index in [1.165, 1.54) is 6.92 Å². The third kappa shape index (κ3) is 5.35. The van der Waals surface area contributed by atoms with Crippen LogP contribution in [0.3, 0.4) is 0 Å². The van der Waals surface area contributed by atoms with E-state index in [2.05, 4.69) is 11.4 Å². The van der Waals surface area contributed by atoms with E-state index in [9.17, 15) is 9.59 Å². The number of pyridine rings is 1. The van der Waals surface area contributed by atoms with Crippen molar-refractivity contribution >= 4 is 29.1 Å². The highest BCUT2D eigenvalue weighted by molar-refractivity contribution is 6.31. The lowest BCUT2D eigenvalue weighted by molar-refractivity contribution is -0.114. The van der Waals surface area contributed by atoms with E-state index in [0.717, 1.165) is 41.4 Å². The molecule has 3 aromatic rings. The summed E-state index contributed by atoms with van der Waals surface area (Å²) in [4.78, 5) is 31.1. The number of piperidine rings is 1. The van der Waals surface area contributed by atoms with Crippen LogP contribution in [0.5, 0.6) is 0 Å². The topological polar surface area (TPSA) is 62.3 Å². The van der Waals surface area contributed by atoms with Crippen LogP contribution in [0.1, 0.15) is 53.0 Å². The van der Waals surface area contributed by atoms with Crippen LogP contribution < -0.4 is 5.32 Å². The van der Waals surface area contributed by atoms with Gasteiger partial charge in [0, 0.05) is 60.0 Å². The van der Waals surface area contributed by atoms with Gasteiger partial charge in [-0.2, -0.15) is 0 Å². The van der Waals surface area contributed by atoms with E-state index in [1.807, 2.05) is 41.3 Å². The Hall–Kier alpha value is -3.18. The molecule has 6 heteroatoms. The van der Waals surface area contributed by atoms with E-state index in [4.69, 9.17) is 16.6 Å². The zero-order chi connectivity index (χ0) is 22.5. The Morgan fingerprint density at radius 3 is 2.59 bits per heavy atom. The number of carbonyl (C=O) groups excluding carboxylic acids is 2. The molecule has 5 nitrogen and oxygen atoms in total. The van der Waals surface area contributed by atoms with Gasteiger partial charge in [0.2, 0.25) is 5.91 Å². The second-order valence-corrected chi connectivity index (χ2v) is 8.58. The van der Waals surface area contributed by atoms with E-state index in [-0.39, 0.29) is 17.7 Å². The first kappa shape index (κ1) is 22.0. The molecule has 0 unspecified atom stereocenters. The van der Waals surface area contributed by atoms with Crippen LogP contribution in [-0.4, -0.2) is 34.8 Å². The molecule has 4 rings (SSSR count). The number of nitrogens with zero attached hydrogens (tertiary/aromatic N) is 2. The first-order chi connectivity index (χ1) is 15.5. The van der Waals surface area contributed by atoms with Crippen molar-refractivity contribution in [3.8, 4) is 0 Å². The van der Waals surface area contributed by atoms with Crippen LogP contribution >= 0.6 is 11.6 Å². The minimum Gasteiger partial charge on any atom is -0.338 e. The maximum atomic E-state index is 13.1. The summed E-state index contributed by atoms with van der Waals surface area (Å²) in [6, 6.07) is 21.0. The monoisotopic (exact) mass is 447 g/mol. The molecule has 0 bridgehead atoms.